The number of pyridine rings is 1. The first-order valence-corrected chi connectivity index (χ1v) is 6.80. The summed E-state index contributed by atoms with van der Waals surface area (Å²) < 4.78 is 6.83. The molecule has 0 aliphatic heterocycles. The van der Waals surface area contributed by atoms with Crippen LogP contribution in [0.5, 0.6) is 5.88 Å². The van der Waals surface area contributed by atoms with Crippen LogP contribution in [0.15, 0.2) is 12.1 Å². The maximum Gasteiger partial charge on any atom is 0.240 e. The van der Waals surface area contributed by atoms with E-state index >= 15 is 0 Å². The average molecular weight is 297 g/mol. The number of ether oxygens (including phenoxy) is 1. The van der Waals surface area contributed by atoms with Crippen LogP contribution in [0.3, 0.4) is 0 Å². The van der Waals surface area contributed by atoms with Crippen molar-refractivity contribution in [1.29, 1.82) is 0 Å². The molecule has 2 N–H and O–H groups in total. The molecule has 0 saturated carbocycles. The van der Waals surface area contributed by atoms with Gasteiger partial charge in [-0.1, -0.05) is 13.8 Å². The summed E-state index contributed by atoms with van der Waals surface area (Å²) in [6, 6.07) is 2.95. The van der Waals surface area contributed by atoms with Crippen molar-refractivity contribution in [3.05, 3.63) is 18.0 Å². The molecule has 0 spiro atoms. The minimum Gasteiger partial charge on any atom is -0.481 e. The molecule has 1 unspecified atom stereocenters. The quantitative estimate of drug-likeness (QED) is 0.854. The van der Waals surface area contributed by atoms with Crippen LogP contribution in [0.1, 0.15) is 25.7 Å². The van der Waals surface area contributed by atoms with Crippen LogP contribution in [0, 0.1) is 5.92 Å². The van der Waals surface area contributed by atoms with Gasteiger partial charge in [0.2, 0.25) is 11.8 Å². The van der Waals surface area contributed by atoms with Gasteiger partial charge in [0.05, 0.1) is 13.0 Å². The third-order valence-corrected chi connectivity index (χ3v) is 3.35. The van der Waals surface area contributed by atoms with E-state index in [1.807, 2.05) is 13.8 Å². The highest BCUT2D eigenvalue weighted by molar-refractivity contribution is 6.16. The summed E-state index contributed by atoms with van der Waals surface area (Å²) in [6.07, 6.45) is 0. The molecule has 0 saturated heterocycles. The van der Waals surface area contributed by atoms with Gasteiger partial charge < -0.3 is 10.5 Å². The number of rotatable bonds is 5. The van der Waals surface area contributed by atoms with Gasteiger partial charge in [-0.05, 0) is 12.0 Å². The van der Waals surface area contributed by atoms with Gasteiger partial charge in [-0.3, -0.25) is 9.36 Å². The predicted octanol–water partition coefficient (Wildman–Crippen LogP) is 1.86. The zero-order valence-electron chi connectivity index (χ0n) is 11.6. The number of hydrogen-bond donors (Lipinski definition) is 1. The predicted molar refractivity (Wildman–Crippen MR) is 76.7 cm³/mol. The summed E-state index contributed by atoms with van der Waals surface area (Å²) in [6.45, 7) is 3.83. The second-order valence-electron chi connectivity index (χ2n) is 4.82. The summed E-state index contributed by atoms with van der Waals surface area (Å²) in [5.41, 5.74) is 6.74. The van der Waals surface area contributed by atoms with Crippen molar-refractivity contribution in [2.24, 2.45) is 11.7 Å². The number of nitrogens with zero attached hydrogens (tertiary/aromatic N) is 3. The number of carbonyl (C=O) groups excluding carboxylic acids is 1. The van der Waals surface area contributed by atoms with Gasteiger partial charge in [-0.25, -0.2) is 4.98 Å². The lowest BCUT2D eigenvalue weighted by Gasteiger charge is -2.21. The molecule has 108 valence electrons. The second kappa shape index (κ2) is 5.66. The van der Waals surface area contributed by atoms with Crippen LogP contribution >= 0.6 is 11.6 Å². The molecule has 2 aromatic rings. The van der Waals surface area contributed by atoms with Gasteiger partial charge in [0, 0.05) is 6.07 Å². The van der Waals surface area contributed by atoms with Gasteiger partial charge in [0.25, 0.3) is 0 Å². The number of halogens is 1. The Hall–Kier alpha value is -1.82. The van der Waals surface area contributed by atoms with Crippen LogP contribution in [-0.2, 0) is 10.7 Å². The maximum atomic E-state index is 11.8. The normalized spacial score (nSPS) is 12.8. The number of nitrogens with two attached hydrogens (primary N) is 1. The second-order valence-corrected chi connectivity index (χ2v) is 5.09. The lowest BCUT2D eigenvalue weighted by atomic mass is 10.0. The Balaban J connectivity index is 2.73. The van der Waals surface area contributed by atoms with Crippen molar-refractivity contribution in [1.82, 2.24) is 14.5 Å². The fraction of sp³-hybridized carbons (Fsp3) is 0.462. The molecule has 20 heavy (non-hydrogen) atoms. The number of aromatic nitrogens is 3. The van der Waals surface area contributed by atoms with Crippen molar-refractivity contribution in [3.63, 3.8) is 0 Å². The Morgan fingerprint density at radius 2 is 2.15 bits per heavy atom. The number of fused-ring (bicyclic) bond motifs is 1. The van der Waals surface area contributed by atoms with Crippen molar-refractivity contribution in [2.75, 3.05) is 7.11 Å². The van der Waals surface area contributed by atoms with Crippen molar-refractivity contribution >= 4 is 28.7 Å². The monoisotopic (exact) mass is 296 g/mol. The molecular weight excluding hydrogens is 280 g/mol. The smallest absolute Gasteiger partial charge is 0.240 e. The molecule has 2 heterocycles. The largest absolute Gasteiger partial charge is 0.481 e. The van der Waals surface area contributed by atoms with E-state index in [-0.39, 0.29) is 11.8 Å². The summed E-state index contributed by atoms with van der Waals surface area (Å²) in [5.74, 6) is 0.761. The van der Waals surface area contributed by atoms with Crippen LogP contribution < -0.4 is 10.5 Å². The van der Waals surface area contributed by atoms with Crippen LogP contribution in [0.2, 0.25) is 0 Å². The van der Waals surface area contributed by atoms with Gasteiger partial charge in [0.1, 0.15) is 17.4 Å². The Kier molecular flexibility index (Phi) is 4.13. The van der Waals surface area contributed by atoms with Gasteiger partial charge >= 0.3 is 0 Å². The lowest BCUT2D eigenvalue weighted by Crippen LogP contribution is -2.31. The van der Waals surface area contributed by atoms with Gasteiger partial charge in [0.15, 0.2) is 5.65 Å². The number of carbonyl (C=O) groups is 1. The maximum absolute atomic E-state index is 11.8. The standard InChI is InChI=1S/C13H17ClN4O2/c1-7(2)11(12(15)19)18-9(6-14)16-8-4-5-10(20-3)17-13(8)18/h4-5,7,11H,6H2,1-3H3,(H2,15,19). The fourth-order valence-corrected chi connectivity index (χ4v) is 2.45. The third kappa shape index (κ3) is 2.43. The summed E-state index contributed by atoms with van der Waals surface area (Å²) in [5, 5.41) is 0. The Morgan fingerprint density at radius 1 is 1.45 bits per heavy atom. The molecule has 6 nitrogen and oxygen atoms in total. The highest BCUT2D eigenvalue weighted by Crippen LogP contribution is 2.27. The fourth-order valence-electron chi connectivity index (χ4n) is 2.26. The number of imidazole rings is 1. The highest BCUT2D eigenvalue weighted by Gasteiger charge is 2.27. The van der Waals surface area contributed by atoms with Crippen molar-refractivity contribution < 1.29 is 9.53 Å². The summed E-state index contributed by atoms with van der Waals surface area (Å²) in [7, 11) is 1.53. The zero-order chi connectivity index (χ0) is 14.9. The van der Waals surface area contributed by atoms with E-state index in [1.165, 1.54) is 7.11 Å². The highest BCUT2D eigenvalue weighted by atomic mass is 35.5. The van der Waals surface area contributed by atoms with E-state index in [4.69, 9.17) is 22.1 Å². The molecule has 1 amide bonds. The number of hydrogen-bond acceptors (Lipinski definition) is 4. The van der Waals surface area contributed by atoms with Crippen LogP contribution in [0.4, 0.5) is 0 Å². The SMILES string of the molecule is COc1ccc2nc(CCl)n(C(C(N)=O)C(C)C)c2n1. The molecule has 0 fully saturated rings. The summed E-state index contributed by atoms with van der Waals surface area (Å²) >= 11 is 5.94. The molecule has 1 atom stereocenters. The van der Waals surface area contributed by atoms with E-state index in [1.54, 1.807) is 16.7 Å². The number of methoxy groups -OCH3 is 1. The van der Waals surface area contributed by atoms with Gasteiger partial charge in [-0.15, -0.1) is 11.6 Å². The molecule has 0 bridgehead atoms. The van der Waals surface area contributed by atoms with Crippen LogP contribution in [-0.4, -0.2) is 27.6 Å². The molecule has 0 aliphatic rings. The Morgan fingerprint density at radius 3 is 2.65 bits per heavy atom. The van der Waals surface area contributed by atoms with Crippen molar-refractivity contribution in [2.45, 2.75) is 25.8 Å². The molecular formula is C13H17ClN4O2. The topological polar surface area (TPSA) is 83.0 Å². The van der Waals surface area contributed by atoms with Crippen molar-refractivity contribution in [3.8, 4) is 5.88 Å². The molecule has 2 rings (SSSR count). The molecule has 0 aromatic carbocycles. The summed E-state index contributed by atoms with van der Waals surface area (Å²) in [4.78, 5) is 20.5. The first-order valence-electron chi connectivity index (χ1n) is 6.26. The van der Waals surface area contributed by atoms with E-state index in [0.717, 1.165) is 0 Å². The molecule has 2 aromatic heterocycles. The number of primary amides is 1. The van der Waals surface area contributed by atoms with E-state index in [2.05, 4.69) is 9.97 Å². The third-order valence-electron chi connectivity index (χ3n) is 3.11. The minimum atomic E-state index is -0.548. The van der Waals surface area contributed by atoms with E-state index in [0.29, 0.717) is 22.9 Å². The number of amides is 1. The Labute approximate surface area is 121 Å². The average Bonchev–Trinajstić information content (AvgIpc) is 2.76. The first kappa shape index (κ1) is 14.6. The minimum absolute atomic E-state index is 0.000123. The molecule has 7 heteroatoms. The Bertz CT molecular complexity index is 639. The van der Waals surface area contributed by atoms with E-state index in [9.17, 15) is 4.79 Å². The molecule has 0 aliphatic carbocycles. The zero-order valence-corrected chi connectivity index (χ0v) is 12.4. The first-order chi connectivity index (χ1) is 9.49. The molecule has 0 radical (unpaired) electrons. The van der Waals surface area contributed by atoms with Gasteiger partial charge in [-0.2, -0.15) is 4.98 Å². The van der Waals surface area contributed by atoms with Crippen LogP contribution in [0.25, 0.3) is 11.2 Å². The lowest BCUT2D eigenvalue weighted by molar-refractivity contribution is -0.122. The van der Waals surface area contributed by atoms with E-state index < -0.39 is 11.9 Å². The number of alkyl halides is 1.